The molecule has 1 heterocycles. The standard InChI is InChI=1S/C16H13N3O/c1-20-16-7-6-12(8-13(16)9-17)10-19-11-18-14-4-2-3-5-15(14)19/h2-8,11H,10H2,1H3. The molecule has 0 aliphatic heterocycles. The molecular formula is C16H13N3O. The Hall–Kier alpha value is -2.80. The van der Waals surface area contributed by atoms with Gasteiger partial charge in [0.15, 0.2) is 0 Å². The zero-order valence-electron chi connectivity index (χ0n) is 11.1. The number of benzene rings is 2. The minimum atomic E-state index is 0.550. The van der Waals surface area contributed by atoms with Crippen molar-refractivity contribution in [3.8, 4) is 11.8 Å². The first kappa shape index (κ1) is 12.2. The third-order valence-corrected chi connectivity index (χ3v) is 3.26. The Morgan fingerprint density at radius 1 is 1.25 bits per heavy atom. The fourth-order valence-electron chi connectivity index (χ4n) is 2.27. The molecule has 98 valence electrons. The maximum Gasteiger partial charge on any atom is 0.136 e. The number of nitrogens with zero attached hydrogens (tertiary/aromatic N) is 3. The lowest BCUT2D eigenvalue weighted by atomic mass is 10.1. The minimum Gasteiger partial charge on any atom is -0.495 e. The second-order valence-electron chi connectivity index (χ2n) is 4.51. The molecule has 3 aromatic rings. The molecule has 0 N–H and O–H groups in total. The van der Waals surface area contributed by atoms with E-state index in [0.717, 1.165) is 16.6 Å². The summed E-state index contributed by atoms with van der Waals surface area (Å²) in [6.07, 6.45) is 1.82. The average molecular weight is 263 g/mol. The van der Waals surface area contributed by atoms with Crippen molar-refractivity contribution in [3.63, 3.8) is 0 Å². The zero-order chi connectivity index (χ0) is 13.9. The minimum absolute atomic E-state index is 0.550. The van der Waals surface area contributed by atoms with Crippen LogP contribution >= 0.6 is 0 Å². The molecule has 0 bridgehead atoms. The number of para-hydroxylation sites is 2. The number of hydrogen-bond donors (Lipinski definition) is 0. The van der Waals surface area contributed by atoms with Crippen LogP contribution < -0.4 is 4.74 Å². The third kappa shape index (κ3) is 2.10. The Kier molecular flexibility index (Phi) is 3.10. The molecule has 0 aliphatic rings. The highest BCUT2D eigenvalue weighted by Crippen LogP contribution is 2.20. The highest BCUT2D eigenvalue weighted by atomic mass is 16.5. The van der Waals surface area contributed by atoms with Crippen molar-refractivity contribution < 1.29 is 4.74 Å². The lowest BCUT2D eigenvalue weighted by Crippen LogP contribution is -1.99. The van der Waals surface area contributed by atoms with E-state index in [1.807, 2.05) is 48.8 Å². The van der Waals surface area contributed by atoms with Crippen molar-refractivity contribution >= 4 is 11.0 Å². The van der Waals surface area contributed by atoms with E-state index >= 15 is 0 Å². The van der Waals surface area contributed by atoms with Gasteiger partial charge in [-0.05, 0) is 29.8 Å². The van der Waals surface area contributed by atoms with E-state index in [4.69, 9.17) is 10.00 Å². The van der Waals surface area contributed by atoms with Gasteiger partial charge in [-0.15, -0.1) is 0 Å². The molecule has 4 nitrogen and oxygen atoms in total. The molecule has 0 spiro atoms. The summed E-state index contributed by atoms with van der Waals surface area (Å²) >= 11 is 0. The molecule has 3 rings (SSSR count). The Morgan fingerprint density at radius 3 is 2.90 bits per heavy atom. The van der Waals surface area contributed by atoms with Gasteiger partial charge in [-0.3, -0.25) is 0 Å². The number of methoxy groups -OCH3 is 1. The fourth-order valence-corrected chi connectivity index (χ4v) is 2.27. The summed E-state index contributed by atoms with van der Waals surface area (Å²) in [5, 5.41) is 9.12. The highest BCUT2D eigenvalue weighted by Gasteiger charge is 2.06. The Labute approximate surface area is 116 Å². The van der Waals surface area contributed by atoms with Crippen LogP contribution in [0.5, 0.6) is 5.75 Å². The van der Waals surface area contributed by atoms with E-state index in [1.54, 1.807) is 7.11 Å². The topological polar surface area (TPSA) is 50.8 Å². The van der Waals surface area contributed by atoms with E-state index in [1.165, 1.54) is 0 Å². The monoisotopic (exact) mass is 263 g/mol. The van der Waals surface area contributed by atoms with Crippen LogP contribution in [0.1, 0.15) is 11.1 Å². The number of fused-ring (bicyclic) bond motifs is 1. The van der Waals surface area contributed by atoms with Gasteiger partial charge in [0.2, 0.25) is 0 Å². The summed E-state index contributed by atoms with van der Waals surface area (Å²) in [7, 11) is 1.57. The number of aromatic nitrogens is 2. The quantitative estimate of drug-likeness (QED) is 0.730. The molecule has 4 heteroatoms. The van der Waals surface area contributed by atoms with Crippen molar-refractivity contribution in [2.75, 3.05) is 7.11 Å². The Morgan fingerprint density at radius 2 is 2.10 bits per heavy atom. The van der Waals surface area contributed by atoms with Crippen LogP contribution in [0, 0.1) is 11.3 Å². The van der Waals surface area contributed by atoms with Crippen LogP contribution in [0.15, 0.2) is 48.8 Å². The smallest absolute Gasteiger partial charge is 0.136 e. The van der Waals surface area contributed by atoms with E-state index in [9.17, 15) is 0 Å². The molecule has 0 fully saturated rings. The van der Waals surface area contributed by atoms with E-state index in [0.29, 0.717) is 17.9 Å². The second-order valence-corrected chi connectivity index (χ2v) is 4.51. The maximum atomic E-state index is 9.12. The first-order chi connectivity index (χ1) is 9.81. The van der Waals surface area contributed by atoms with Crippen molar-refractivity contribution in [3.05, 3.63) is 59.9 Å². The van der Waals surface area contributed by atoms with Gasteiger partial charge in [0.1, 0.15) is 11.8 Å². The SMILES string of the molecule is COc1ccc(Cn2cnc3ccccc32)cc1C#N. The van der Waals surface area contributed by atoms with Crippen molar-refractivity contribution in [1.82, 2.24) is 9.55 Å². The number of rotatable bonds is 3. The van der Waals surface area contributed by atoms with Crippen molar-refractivity contribution in [2.45, 2.75) is 6.54 Å². The van der Waals surface area contributed by atoms with E-state index in [-0.39, 0.29) is 0 Å². The molecule has 0 saturated heterocycles. The van der Waals surface area contributed by atoms with Crippen molar-refractivity contribution in [2.24, 2.45) is 0 Å². The highest BCUT2D eigenvalue weighted by molar-refractivity contribution is 5.75. The maximum absolute atomic E-state index is 9.12. The van der Waals surface area contributed by atoms with Gasteiger partial charge >= 0.3 is 0 Å². The summed E-state index contributed by atoms with van der Waals surface area (Å²) in [5.41, 5.74) is 3.66. The first-order valence-electron chi connectivity index (χ1n) is 6.28. The molecule has 1 aromatic heterocycles. The second kappa shape index (κ2) is 5.06. The van der Waals surface area contributed by atoms with Crippen LogP contribution in [0.3, 0.4) is 0 Å². The predicted octanol–water partition coefficient (Wildman–Crippen LogP) is 2.96. The van der Waals surface area contributed by atoms with E-state index < -0.39 is 0 Å². The van der Waals surface area contributed by atoms with Gasteiger partial charge < -0.3 is 9.30 Å². The van der Waals surface area contributed by atoms with Crippen LogP contribution in [-0.2, 0) is 6.54 Å². The van der Waals surface area contributed by atoms with Gasteiger partial charge in [-0.1, -0.05) is 18.2 Å². The molecule has 0 unspecified atom stereocenters. The van der Waals surface area contributed by atoms with E-state index in [2.05, 4.69) is 15.6 Å². The average Bonchev–Trinajstić information content (AvgIpc) is 2.90. The summed E-state index contributed by atoms with van der Waals surface area (Å²) in [6.45, 7) is 0.680. The van der Waals surface area contributed by atoms with Gasteiger partial charge in [0, 0.05) is 6.54 Å². The summed E-state index contributed by atoms with van der Waals surface area (Å²) in [6, 6.07) is 15.8. The molecule has 20 heavy (non-hydrogen) atoms. The molecule has 2 aromatic carbocycles. The molecule has 0 aliphatic carbocycles. The third-order valence-electron chi connectivity index (χ3n) is 3.26. The van der Waals surface area contributed by atoms with Gasteiger partial charge in [-0.2, -0.15) is 5.26 Å². The Bertz CT molecular complexity index is 799. The lowest BCUT2D eigenvalue weighted by Gasteiger charge is -2.07. The van der Waals surface area contributed by atoms with Gasteiger partial charge in [0.05, 0.1) is 30.0 Å². The number of hydrogen-bond acceptors (Lipinski definition) is 3. The lowest BCUT2D eigenvalue weighted by molar-refractivity contribution is 0.413. The van der Waals surface area contributed by atoms with Crippen molar-refractivity contribution in [1.29, 1.82) is 5.26 Å². The van der Waals surface area contributed by atoms with Gasteiger partial charge in [0.25, 0.3) is 0 Å². The molecule has 0 atom stereocenters. The van der Waals surface area contributed by atoms with Gasteiger partial charge in [-0.25, -0.2) is 4.98 Å². The largest absolute Gasteiger partial charge is 0.495 e. The first-order valence-corrected chi connectivity index (χ1v) is 6.28. The summed E-state index contributed by atoms with van der Waals surface area (Å²) in [5.74, 6) is 0.603. The number of ether oxygens (including phenoxy) is 1. The van der Waals surface area contributed by atoms with Crippen LogP contribution in [0.4, 0.5) is 0 Å². The summed E-state index contributed by atoms with van der Waals surface area (Å²) in [4.78, 5) is 4.36. The number of nitriles is 1. The molecule has 0 amide bonds. The van der Waals surface area contributed by atoms with Crippen LogP contribution in [0.2, 0.25) is 0 Å². The normalized spacial score (nSPS) is 10.4. The molecule has 0 radical (unpaired) electrons. The molecular weight excluding hydrogens is 250 g/mol. The summed E-state index contributed by atoms with van der Waals surface area (Å²) < 4.78 is 7.22. The zero-order valence-corrected chi connectivity index (χ0v) is 11.1. The predicted molar refractivity (Wildman–Crippen MR) is 76.5 cm³/mol. The number of imidazole rings is 1. The Balaban J connectivity index is 1.97. The molecule has 0 saturated carbocycles. The van der Waals surface area contributed by atoms with Crippen LogP contribution in [-0.4, -0.2) is 16.7 Å². The fraction of sp³-hybridized carbons (Fsp3) is 0.125. The van der Waals surface area contributed by atoms with Crippen LogP contribution in [0.25, 0.3) is 11.0 Å².